The molecule has 0 fully saturated rings. The Balaban J connectivity index is 1.90. The second kappa shape index (κ2) is 6.28. The molecule has 3 aromatic rings. The molecule has 2 aromatic carbocycles. The standard InChI is InChI=1S/C20H13F2NO3S/c1-26-13-9-7-11(8-10-13)14-15-16(24)20(22,12-5-3-2-4-6-12)19(25)23-18(15)27-17(14)21/h2-10H,1H3,(H,23,25). The number of alkyl halides is 1. The molecule has 0 bridgehead atoms. The number of methoxy groups -OCH3 is 1. The van der Waals surface area contributed by atoms with Gasteiger partial charge >= 0.3 is 0 Å². The highest BCUT2D eigenvalue weighted by Crippen LogP contribution is 2.47. The minimum Gasteiger partial charge on any atom is -0.497 e. The van der Waals surface area contributed by atoms with Gasteiger partial charge in [-0.25, -0.2) is 4.39 Å². The molecular formula is C20H13F2NO3S. The van der Waals surface area contributed by atoms with Crippen LogP contribution in [0.15, 0.2) is 54.6 Å². The number of nitrogens with one attached hydrogen (secondary N) is 1. The van der Waals surface area contributed by atoms with Crippen LogP contribution < -0.4 is 10.1 Å². The number of carbonyl (C=O) groups is 2. The van der Waals surface area contributed by atoms with E-state index in [1.165, 1.54) is 31.4 Å². The fourth-order valence-corrected chi connectivity index (χ4v) is 4.06. The van der Waals surface area contributed by atoms with E-state index in [0.29, 0.717) is 22.6 Å². The van der Waals surface area contributed by atoms with E-state index in [-0.39, 0.29) is 21.7 Å². The lowest BCUT2D eigenvalue weighted by atomic mass is 9.83. The van der Waals surface area contributed by atoms with Crippen molar-refractivity contribution in [2.75, 3.05) is 12.4 Å². The van der Waals surface area contributed by atoms with Crippen molar-refractivity contribution >= 4 is 28.0 Å². The number of hydrogen-bond acceptors (Lipinski definition) is 4. The van der Waals surface area contributed by atoms with E-state index in [1.807, 2.05) is 0 Å². The lowest BCUT2D eigenvalue weighted by molar-refractivity contribution is -0.125. The van der Waals surface area contributed by atoms with Crippen LogP contribution >= 0.6 is 11.3 Å². The fraction of sp³-hybridized carbons (Fsp3) is 0.100. The van der Waals surface area contributed by atoms with E-state index in [0.717, 1.165) is 0 Å². The van der Waals surface area contributed by atoms with Crippen LogP contribution in [-0.2, 0) is 10.5 Å². The summed E-state index contributed by atoms with van der Waals surface area (Å²) in [6.45, 7) is 0. The van der Waals surface area contributed by atoms with Gasteiger partial charge in [-0.1, -0.05) is 53.8 Å². The monoisotopic (exact) mass is 385 g/mol. The van der Waals surface area contributed by atoms with Gasteiger partial charge in [0.15, 0.2) is 5.13 Å². The summed E-state index contributed by atoms with van der Waals surface area (Å²) in [6.07, 6.45) is 0. The number of carbonyl (C=O) groups excluding carboxylic acids is 2. The number of rotatable bonds is 3. The van der Waals surface area contributed by atoms with Gasteiger partial charge in [-0.2, -0.15) is 4.39 Å². The molecule has 1 atom stereocenters. The molecule has 0 saturated heterocycles. The highest BCUT2D eigenvalue weighted by atomic mass is 32.1. The highest BCUT2D eigenvalue weighted by molar-refractivity contribution is 7.15. The number of ketones is 1. The molecule has 1 amide bonds. The van der Waals surface area contributed by atoms with Crippen LogP contribution in [0.2, 0.25) is 0 Å². The zero-order valence-electron chi connectivity index (χ0n) is 14.1. The van der Waals surface area contributed by atoms with Gasteiger partial charge in [-0.05, 0) is 17.7 Å². The molecule has 4 nitrogen and oxygen atoms in total. The zero-order valence-corrected chi connectivity index (χ0v) is 14.9. The summed E-state index contributed by atoms with van der Waals surface area (Å²) in [4.78, 5) is 25.5. The van der Waals surface area contributed by atoms with Crippen molar-refractivity contribution < 1.29 is 23.1 Å². The predicted molar refractivity (Wildman–Crippen MR) is 98.5 cm³/mol. The van der Waals surface area contributed by atoms with Gasteiger partial charge in [-0.3, -0.25) is 9.59 Å². The summed E-state index contributed by atoms with van der Waals surface area (Å²) < 4.78 is 35.4. The number of hydrogen-bond donors (Lipinski definition) is 1. The van der Waals surface area contributed by atoms with Crippen molar-refractivity contribution in [2.24, 2.45) is 0 Å². The van der Waals surface area contributed by atoms with Crippen molar-refractivity contribution in [1.82, 2.24) is 0 Å². The largest absolute Gasteiger partial charge is 0.497 e. The van der Waals surface area contributed by atoms with E-state index < -0.39 is 22.5 Å². The van der Waals surface area contributed by atoms with E-state index in [2.05, 4.69) is 5.32 Å². The van der Waals surface area contributed by atoms with Gasteiger partial charge in [0, 0.05) is 11.1 Å². The number of halogens is 2. The molecule has 1 aliphatic rings. The fourth-order valence-electron chi connectivity index (χ4n) is 3.12. The maximum absolute atomic E-state index is 15.7. The molecule has 27 heavy (non-hydrogen) atoms. The minimum atomic E-state index is -2.91. The van der Waals surface area contributed by atoms with Gasteiger partial charge in [0.25, 0.3) is 11.6 Å². The Labute approximate surface area is 157 Å². The van der Waals surface area contributed by atoms with E-state index in [1.54, 1.807) is 30.3 Å². The van der Waals surface area contributed by atoms with Gasteiger partial charge in [0.2, 0.25) is 5.78 Å². The lowest BCUT2D eigenvalue weighted by Gasteiger charge is -2.28. The van der Waals surface area contributed by atoms with Gasteiger partial charge in [0.1, 0.15) is 10.8 Å². The summed E-state index contributed by atoms with van der Waals surface area (Å²) >= 11 is 0.608. The third kappa shape index (κ3) is 2.54. The first-order valence-electron chi connectivity index (χ1n) is 8.04. The number of anilines is 1. The Morgan fingerprint density at radius 1 is 1.00 bits per heavy atom. The smallest absolute Gasteiger partial charge is 0.275 e. The van der Waals surface area contributed by atoms with Crippen LogP contribution in [0.3, 0.4) is 0 Å². The van der Waals surface area contributed by atoms with Crippen LogP contribution in [0.25, 0.3) is 11.1 Å². The Morgan fingerprint density at radius 3 is 2.30 bits per heavy atom. The minimum absolute atomic E-state index is 0.0116. The van der Waals surface area contributed by atoms with E-state index >= 15 is 4.39 Å². The SMILES string of the molecule is COc1ccc(-c2c(F)sc3c2C(=O)C(F)(c2ccccc2)C(=O)N3)cc1. The van der Waals surface area contributed by atoms with E-state index in [9.17, 15) is 14.0 Å². The maximum Gasteiger partial charge on any atom is 0.275 e. The van der Waals surface area contributed by atoms with Gasteiger partial charge < -0.3 is 10.1 Å². The average molecular weight is 385 g/mol. The van der Waals surface area contributed by atoms with E-state index in [4.69, 9.17) is 4.74 Å². The molecule has 1 N–H and O–H groups in total. The molecule has 0 radical (unpaired) electrons. The second-order valence-corrected chi connectivity index (χ2v) is 6.96. The zero-order chi connectivity index (χ0) is 19.2. The first-order chi connectivity index (χ1) is 13.0. The first kappa shape index (κ1) is 17.4. The van der Waals surface area contributed by atoms with Crippen molar-refractivity contribution in [3.05, 3.63) is 70.9 Å². The van der Waals surface area contributed by atoms with Crippen LogP contribution in [-0.4, -0.2) is 18.8 Å². The molecule has 4 rings (SSSR count). The molecule has 1 aliphatic heterocycles. The van der Waals surface area contributed by atoms with Crippen molar-refractivity contribution in [2.45, 2.75) is 5.67 Å². The lowest BCUT2D eigenvalue weighted by Crippen LogP contribution is -2.47. The summed E-state index contributed by atoms with van der Waals surface area (Å²) in [6, 6.07) is 13.8. The molecule has 0 spiro atoms. The number of ether oxygens (including phenoxy) is 1. The van der Waals surface area contributed by atoms with Gasteiger partial charge in [-0.15, -0.1) is 0 Å². The van der Waals surface area contributed by atoms with Crippen molar-refractivity contribution in [1.29, 1.82) is 0 Å². The van der Waals surface area contributed by atoms with Crippen LogP contribution in [0.1, 0.15) is 15.9 Å². The first-order valence-corrected chi connectivity index (χ1v) is 8.86. The Bertz CT molecular complexity index is 1050. The molecule has 0 aliphatic carbocycles. The number of thiophene rings is 1. The molecule has 1 aromatic heterocycles. The molecule has 136 valence electrons. The number of Topliss-reactive ketones (excluding diaryl/α,β-unsaturated/α-hetero) is 1. The Morgan fingerprint density at radius 2 is 1.67 bits per heavy atom. The maximum atomic E-state index is 15.7. The molecule has 2 heterocycles. The van der Waals surface area contributed by atoms with Crippen molar-refractivity contribution in [3.8, 4) is 16.9 Å². The quantitative estimate of drug-likeness (QED) is 0.673. The predicted octanol–water partition coefficient (Wildman–Crippen LogP) is 4.56. The average Bonchev–Trinajstić information content (AvgIpc) is 3.02. The number of benzene rings is 2. The van der Waals surface area contributed by atoms with Crippen LogP contribution in [0.4, 0.5) is 13.8 Å². The second-order valence-electron chi connectivity index (χ2n) is 5.99. The summed E-state index contributed by atoms with van der Waals surface area (Å²) in [5, 5.41) is 1.69. The summed E-state index contributed by atoms with van der Waals surface area (Å²) in [5.41, 5.74) is -2.80. The number of amides is 1. The van der Waals surface area contributed by atoms with Crippen LogP contribution in [0.5, 0.6) is 5.75 Å². The Kier molecular flexibility index (Phi) is 4.04. The molecule has 7 heteroatoms. The Hall–Kier alpha value is -3.06. The summed E-state index contributed by atoms with van der Waals surface area (Å²) in [7, 11) is 1.50. The van der Waals surface area contributed by atoms with Crippen LogP contribution in [0, 0.1) is 5.13 Å². The molecule has 0 saturated carbocycles. The number of fused-ring (bicyclic) bond motifs is 1. The topological polar surface area (TPSA) is 55.4 Å². The normalized spacial score (nSPS) is 18.8. The third-order valence-electron chi connectivity index (χ3n) is 4.50. The summed E-state index contributed by atoms with van der Waals surface area (Å²) in [5.74, 6) is -1.63. The third-order valence-corrected chi connectivity index (χ3v) is 5.39. The molecular weight excluding hydrogens is 372 g/mol. The highest BCUT2D eigenvalue weighted by Gasteiger charge is 2.54. The molecule has 1 unspecified atom stereocenters. The van der Waals surface area contributed by atoms with Gasteiger partial charge in [0.05, 0.1) is 12.7 Å². The van der Waals surface area contributed by atoms with Crippen molar-refractivity contribution in [3.63, 3.8) is 0 Å².